The summed E-state index contributed by atoms with van der Waals surface area (Å²) < 4.78 is 5.40. The number of pyridine rings is 2. The van der Waals surface area contributed by atoms with Gasteiger partial charge in [0.2, 0.25) is 0 Å². The molecule has 0 saturated heterocycles. The summed E-state index contributed by atoms with van der Waals surface area (Å²) in [6.07, 6.45) is 5.52. The molecule has 2 aromatic heterocycles. The van der Waals surface area contributed by atoms with Gasteiger partial charge in [-0.25, -0.2) is 0 Å². The number of ether oxygens (including phenoxy) is 1. The van der Waals surface area contributed by atoms with E-state index < -0.39 is 11.5 Å². The Morgan fingerprint density at radius 3 is 2.89 bits per heavy atom. The SMILES string of the molecule is COc1ccncc1-c1cccc2c(N)c(C(=O)NCC3CC3)c(=O)[nH]c12. The van der Waals surface area contributed by atoms with Gasteiger partial charge in [0.05, 0.1) is 18.3 Å². The number of fused-ring (bicyclic) bond motifs is 1. The molecule has 0 radical (unpaired) electrons. The molecule has 1 amide bonds. The normalized spacial score (nSPS) is 13.5. The molecular formula is C20H20N4O3. The number of rotatable bonds is 5. The lowest BCUT2D eigenvalue weighted by atomic mass is 10.0. The van der Waals surface area contributed by atoms with Gasteiger partial charge >= 0.3 is 0 Å². The monoisotopic (exact) mass is 364 g/mol. The Kier molecular flexibility index (Phi) is 4.27. The van der Waals surface area contributed by atoms with Crippen molar-refractivity contribution in [2.75, 3.05) is 19.4 Å². The molecule has 3 aromatic rings. The highest BCUT2D eigenvalue weighted by atomic mass is 16.5. The standard InChI is InChI=1S/C20H20N4O3/c1-27-15-7-8-22-10-14(15)12-3-2-4-13-17(21)16(20(26)24-18(12)13)19(25)23-9-11-5-6-11/h2-4,7-8,10-11H,5-6,9H2,1H3,(H,23,25)(H3,21,24,26). The first kappa shape index (κ1) is 17.1. The second-order valence-electron chi connectivity index (χ2n) is 6.70. The fraction of sp³-hybridized carbons (Fsp3) is 0.250. The summed E-state index contributed by atoms with van der Waals surface area (Å²) in [5.74, 6) is 0.703. The van der Waals surface area contributed by atoms with E-state index >= 15 is 0 Å². The molecule has 7 nitrogen and oxygen atoms in total. The summed E-state index contributed by atoms with van der Waals surface area (Å²) >= 11 is 0. The maximum Gasteiger partial charge on any atom is 0.263 e. The molecule has 4 N–H and O–H groups in total. The second kappa shape index (κ2) is 6.75. The molecule has 1 fully saturated rings. The van der Waals surface area contributed by atoms with Crippen LogP contribution in [0.4, 0.5) is 5.69 Å². The number of aromatic amines is 1. The van der Waals surface area contributed by atoms with E-state index in [0.29, 0.717) is 29.1 Å². The van der Waals surface area contributed by atoms with Crippen molar-refractivity contribution < 1.29 is 9.53 Å². The van der Waals surface area contributed by atoms with Crippen LogP contribution >= 0.6 is 0 Å². The number of aromatic nitrogens is 2. The van der Waals surface area contributed by atoms with Gasteiger partial charge in [0.15, 0.2) is 0 Å². The smallest absolute Gasteiger partial charge is 0.263 e. The van der Waals surface area contributed by atoms with Crippen LogP contribution in [0.1, 0.15) is 23.2 Å². The Morgan fingerprint density at radius 2 is 2.15 bits per heavy atom. The number of hydrogen-bond acceptors (Lipinski definition) is 5. The summed E-state index contributed by atoms with van der Waals surface area (Å²) in [5, 5.41) is 3.41. The zero-order valence-corrected chi connectivity index (χ0v) is 14.9. The fourth-order valence-corrected chi connectivity index (χ4v) is 3.20. The predicted molar refractivity (Wildman–Crippen MR) is 104 cm³/mol. The van der Waals surface area contributed by atoms with E-state index in [-0.39, 0.29) is 11.3 Å². The third kappa shape index (κ3) is 3.12. The summed E-state index contributed by atoms with van der Waals surface area (Å²) in [6.45, 7) is 0.572. The van der Waals surface area contributed by atoms with Crippen molar-refractivity contribution in [1.29, 1.82) is 0 Å². The summed E-state index contributed by atoms with van der Waals surface area (Å²) in [5.41, 5.74) is 7.85. The summed E-state index contributed by atoms with van der Waals surface area (Å²) in [6, 6.07) is 7.20. The van der Waals surface area contributed by atoms with Crippen molar-refractivity contribution >= 4 is 22.5 Å². The largest absolute Gasteiger partial charge is 0.496 e. The van der Waals surface area contributed by atoms with Crippen LogP contribution in [-0.2, 0) is 0 Å². The van der Waals surface area contributed by atoms with E-state index in [1.165, 1.54) is 0 Å². The number of benzene rings is 1. The van der Waals surface area contributed by atoms with Crippen LogP contribution < -0.4 is 21.3 Å². The highest BCUT2D eigenvalue weighted by Gasteiger charge is 2.24. The number of carbonyl (C=O) groups is 1. The maximum atomic E-state index is 12.7. The van der Waals surface area contributed by atoms with Crippen molar-refractivity contribution in [2.24, 2.45) is 5.92 Å². The third-order valence-electron chi connectivity index (χ3n) is 4.86. The molecule has 1 aliphatic rings. The molecule has 0 bridgehead atoms. The Hall–Kier alpha value is -3.35. The molecule has 1 aliphatic carbocycles. The molecule has 0 spiro atoms. The minimum Gasteiger partial charge on any atom is -0.496 e. The van der Waals surface area contributed by atoms with Crippen molar-refractivity contribution in [3.63, 3.8) is 0 Å². The number of nitrogens with one attached hydrogen (secondary N) is 2. The lowest BCUT2D eigenvalue weighted by Gasteiger charge is -2.13. The predicted octanol–water partition coefficient (Wildman–Crippen LogP) is 2.32. The zero-order valence-electron chi connectivity index (χ0n) is 14.9. The summed E-state index contributed by atoms with van der Waals surface area (Å²) in [4.78, 5) is 32.1. The molecule has 1 saturated carbocycles. The topological polar surface area (TPSA) is 110 Å². The van der Waals surface area contributed by atoms with Crippen LogP contribution in [0, 0.1) is 5.92 Å². The number of methoxy groups -OCH3 is 1. The van der Waals surface area contributed by atoms with Gasteiger partial charge in [0, 0.05) is 35.5 Å². The highest BCUT2D eigenvalue weighted by Crippen LogP contribution is 2.35. The second-order valence-corrected chi connectivity index (χ2v) is 6.70. The van der Waals surface area contributed by atoms with Gasteiger partial charge in [-0.1, -0.05) is 18.2 Å². The molecule has 2 heterocycles. The Labute approximate surface area is 155 Å². The van der Waals surface area contributed by atoms with Crippen LogP contribution in [0.15, 0.2) is 41.5 Å². The number of para-hydroxylation sites is 1. The van der Waals surface area contributed by atoms with Gasteiger partial charge < -0.3 is 20.8 Å². The Balaban J connectivity index is 1.85. The minimum absolute atomic E-state index is 0.0431. The first-order valence-corrected chi connectivity index (χ1v) is 8.81. The van der Waals surface area contributed by atoms with E-state index in [2.05, 4.69) is 15.3 Å². The number of nitrogens with two attached hydrogens (primary N) is 1. The molecule has 27 heavy (non-hydrogen) atoms. The quantitative estimate of drug-likeness (QED) is 0.643. The van der Waals surface area contributed by atoms with Crippen molar-refractivity contribution in [3.8, 4) is 16.9 Å². The molecular weight excluding hydrogens is 344 g/mol. The number of hydrogen-bond donors (Lipinski definition) is 3. The van der Waals surface area contributed by atoms with Crippen LogP contribution in [0.2, 0.25) is 0 Å². The van der Waals surface area contributed by atoms with Crippen LogP contribution in [0.5, 0.6) is 5.75 Å². The number of nitrogen functional groups attached to an aromatic ring is 1. The first-order chi connectivity index (χ1) is 13.1. The molecule has 4 rings (SSSR count). The van der Waals surface area contributed by atoms with Gasteiger partial charge in [-0.2, -0.15) is 0 Å². The maximum absolute atomic E-state index is 12.7. The molecule has 7 heteroatoms. The molecule has 0 atom stereocenters. The van der Waals surface area contributed by atoms with Gasteiger partial charge in [0.25, 0.3) is 11.5 Å². The van der Waals surface area contributed by atoms with E-state index in [0.717, 1.165) is 24.0 Å². The van der Waals surface area contributed by atoms with Gasteiger partial charge in [-0.05, 0) is 24.8 Å². The first-order valence-electron chi connectivity index (χ1n) is 8.81. The van der Waals surface area contributed by atoms with E-state index in [1.807, 2.05) is 12.1 Å². The third-order valence-corrected chi connectivity index (χ3v) is 4.86. The van der Waals surface area contributed by atoms with Crippen LogP contribution in [-0.4, -0.2) is 29.5 Å². The lowest BCUT2D eigenvalue weighted by molar-refractivity contribution is 0.0951. The Morgan fingerprint density at radius 1 is 1.33 bits per heavy atom. The number of carbonyl (C=O) groups excluding carboxylic acids is 1. The summed E-state index contributed by atoms with van der Waals surface area (Å²) in [7, 11) is 1.57. The average Bonchev–Trinajstić information content (AvgIpc) is 3.50. The number of anilines is 1. The molecule has 138 valence electrons. The lowest BCUT2D eigenvalue weighted by Crippen LogP contribution is -2.32. The number of amides is 1. The highest BCUT2D eigenvalue weighted by molar-refractivity contribution is 6.09. The molecule has 1 aromatic carbocycles. The molecule has 0 unspecified atom stereocenters. The zero-order chi connectivity index (χ0) is 19.0. The van der Waals surface area contributed by atoms with E-state index in [9.17, 15) is 9.59 Å². The van der Waals surface area contributed by atoms with Gasteiger partial charge in [-0.3, -0.25) is 14.6 Å². The Bertz CT molecular complexity index is 1090. The van der Waals surface area contributed by atoms with Gasteiger partial charge in [0.1, 0.15) is 11.3 Å². The average molecular weight is 364 g/mol. The molecule has 0 aliphatic heterocycles. The fourth-order valence-electron chi connectivity index (χ4n) is 3.20. The van der Waals surface area contributed by atoms with E-state index in [1.54, 1.807) is 31.6 Å². The van der Waals surface area contributed by atoms with Crippen molar-refractivity contribution in [1.82, 2.24) is 15.3 Å². The minimum atomic E-state index is -0.511. The van der Waals surface area contributed by atoms with Gasteiger partial charge in [-0.15, -0.1) is 0 Å². The number of H-pyrrole nitrogens is 1. The van der Waals surface area contributed by atoms with E-state index in [4.69, 9.17) is 10.5 Å². The number of nitrogens with zero attached hydrogens (tertiary/aromatic N) is 1. The van der Waals surface area contributed by atoms with Crippen LogP contribution in [0.25, 0.3) is 22.0 Å². The van der Waals surface area contributed by atoms with Crippen molar-refractivity contribution in [3.05, 3.63) is 52.6 Å². The van der Waals surface area contributed by atoms with Crippen molar-refractivity contribution in [2.45, 2.75) is 12.8 Å². The van der Waals surface area contributed by atoms with Crippen LogP contribution in [0.3, 0.4) is 0 Å².